The van der Waals surface area contributed by atoms with Crippen molar-refractivity contribution in [3.8, 4) is 6.07 Å². The first kappa shape index (κ1) is 12.9. The maximum atomic E-state index is 9.29. The molecule has 0 saturated carbocycles. The number of benzene rings is 2. The third kappa shape index (κ3) is 2.33. The first-order valence-corrected chi connectivity index (χ1v) is 7.12. The lowest BCUT2D eigenvalue weighted by Crippen LogP contribution is -2.23. The molecule has 0 amide bonds. The molecule has 0 unspecified atom stereocenters. The number of nitriles is 1. The molecule has 0 bridgehead atoms. The van der Waals surface area contributed by atoms with E-state index in [0.717, 1.165) is 18.4 Å². The molecule has 2 heteroatoms. The highest BCUT2D eigenvalue weighted by Crippen LogP contribution is 2.35. The van der Waals surface area contributed by atoms with E-state index in [-0.39, 0.29) is 6.04 Å². The topological polar surface area (TPSA) is 35.8 Å². The molecule has 0 heterocycles. The van der Waals surface area contributed by atoms with Crippen LogP contribution in [0.5, 0.6) is 0 Å². The van der Waals surface area contributed by atoms with Crippen LogP contribution in [0, 0.1) is 11.3 Å². The van der Waals surface area contributed by atoms with Gasteiger partial charge in [0.15, 0.2) is 0 Å². The molecule has 0 spiro atoms. The predicted octanol–water partition coefficient (Wildman–Crippen LogP) is 3.90. The number of rotatable bonds is 3. The van der Waals surface area contributed by atoms with Gasteiger partial charge in [-0.3, -0.25) is 0 Å². The molecule has 100 valence electrons. The van der Waals surface area contributed by atoms with Gasteiger partial charge >= 0.3 is 0 Å². The van der Waals surface area contributed by atoms with Gasteiger partial charge in [-0.25, -0.2) is 0 Å². The third-order valence-corrected chi connectivity index (χ3v) is 4.12. The Hall–Kier alpha value is -2.11. The van der Waals surface area contributed by atoms with Crippen LogP contribution in [0.25, 0.3) is 0 Å². The Balaban J connectivity index is 1.84. The second-order valence-electron chi connectivity index (χ2n) is 5.38. The maximum absolute atomic E-state index is 9.29. The first-order valence-electron chi connectivity index (χ1n) is 7.12. The summed E-state index contributed by atoms with van der Waals surface area (Å²) in [5.74, 6) is 0. The van der Waals surface area contributed by atoms with Crippen molar-refractivity contribution in [2.45, 2.75) is 31.8 Å². The smallest absolute Gasteiger partial charge is 0.0995 e. The third-order valence-electron chi connectivity index (χ3n) is 4.12. The Morgan fingerprint density at radius 3 is 2.70 bits per heavy atom. The fourth-order valence-corrected chi connectivity index (χ4v) is 3.09. The van der Waals surface area contributed by atoms with Crippen LogP contribution in [0.1, 0.15) is 47.7 Å². The van der Waals surface area contributed by atoms with Crippen LogP contribution in [0.2, 0.25) is 0 Å². The number of hydrogen-bond donors (Lipinski definition) is 1. The lowest BCUT2D eigenvalue weighted by Gasteiger charge is -2.21. The molecule has 0 fully saturated rings. The second-order valence-corrected chi connectivity index (χ2v) is 5.38. The Labute approximate surface area is 120 Å². The van der Waals surface area contributed by atoms with Crippen molar-refractivity contribution in [1.29, 1.82) is 5.26 Å². The zero-order valence-corrected chi connectivity index (χ0v) is 11.6. The summed E-state index contributed by atoms with van der Waals surface area (Å²) in [6.07, 6.45) is 2.13. The zero-order valence-electron chi connectivity index (χ0n) is 11.6. The number of aryl methyl sites for hydroxylation is 1. The van der Waals surface area contributed by atoms with E-state index in [4.69, 9.17) is 0 Å². The highest BCUT2D eigenvalue weighted by molar-refractivity contribution is 5.47. The van der Waals surface area contributed by atoms with Crippen molar-refractivity contribution in [3.63, 3.8) is 0 Å². The molecule has 2 aromatic rings. The van der Waals surface area contributed by atoms with Crippen LogP contribution in [0.3, 0.4) is 0 Å². The Morgan fingerprint density at radius 2 is 1.95 bits per heavy atom. The summed E-state index contributed by atoms with van der Waals surface area (Å²) >= 11 is 0. The Kier molecular flexibility index (Phi) is 3.54. The van der Waals surface area contributed by atoms with Gasteiger partial charge in [-0.15, -0.1) is 0 Å². The SMILES string of the molecule is C[C@@H](N[C@@H]1CCc2cccc(C#N)c21)c1ccccc1. The van der Waals surface area contributed by atoms with E-state index in [9.17, 15) is 5.26 Å². The minimum atomic E-state index is 0.288. The fourth-order valence-electron chi connectivity index (χ4n) is 3.09. The average Bonchev–Trinajstić information content (AvgIpc) is 2.91. The molecule has 20 heavy (non-hydrogen) atoms. The van der Waals surface area contributed by atoms with Gasteiger partial charge in [0.2, 0.25) is 0 Å². The summed E-state index contributed by atoms with van der Waals surface area (Å²) in [4.78, 5) is 0. The van der Waals surface area contributed by atoms with Crippen molar-refractivity contribution in [3.05, 3.63) is 70.8 Å². The average molecular weight is 262 g/mol. The molecule has 1 aliphatic carbocycles. The summed E-state index contributed by atoms with van der Waals surface area (Å²) in [6.45, 7) is 2.18. The van der Waals surface area contributed by atoms with Gasteiger partial charge in [-0.2, -0.15) is 5.26 Å². The molecule has 2 aromatic carbocycles. The number of nitrogens with one attached hydrogen (secondary N) is 1. The lowest BCUT2D eigenvalue weighted by molar-refractivity contribution is 0.464. The number of hydrogen-bond acceptors (Lipinski definition) is 2. The quantitative estimate of drug-likeness (QED) is 0.910. The molecule has 3 rings (SSSR count). The van der Waals surface area contributed by atoms with E-state index in [1.165, 1.54) is 16.7 Å². The highest BCUT2D eigenvalue weighted by atomic mass is 15.0. The summed E-state index contributed by atoms with van der Waals surface area (Å²) < 4.78 is 0. The lowest BCUT2D eigenvalue weighted by atomic mass is 10.00. The molecule has 2 nitrogen and oxygen atoms in total. The summed E-state index contributed by atoms with van der Waals surface area (Å²) in [6, 6.07) is 19.4. The van der Waals surface area contributed by atoms with Crippen LogP contribution >= 0.6 is 0 Å². The van der Waals surface area contributed by atoms with Crippen molar-refractivity contribution < 1.29 is 0 Å². The second kappa shape index (κ2) is 5.48. The molecule has 1 N–H and O–H groups in total. The predicted molar refractivity (Wildman–Crippen MR) is 80.2 cm³/mol. The van der Waals surface area contributed by atoms with Gasteiger partial charge in [-0.1, -0.05) is 42.5 Å². The summed E-state index contributed by atoms with van der Waals surface area (Å²) in [5, 5.41) is 13.0. The molecule has 0 aliphatic heterocycles. The number of fused-ring (bicyclic) bond motifs is 1. The van der Waals surface area contributed by atoms with E-state index in [1.807, 2.05) is 18.2 Å². The van der Waals surface area contributed by atoms with Gasteiger partial charge in [-0.05, 0) is 42.5 Å². The molecule has 1 aliphatic rings. The van der Waals surface area contributed by atoms with E-state index < -0.39 is 0 Å². The minimum absolute atomic E-state index is 0.288. The molecular formula is C18H18N2. The van der Waals surface area contributed by atoms with Crippen molar-refractivity contribution in [2.24, 2.45) is 0 Å². The highest BCUT2D eigenvalue weighted by Gasteiger charge is 2.26. The normalized spacial score (nSPS) is 18.3. The van der Waals surface area contributed by atoms with Gasteiger partial charge in [0.1, 0.15) is 0 Å². The van der Waals surface area contributed by atoms with E-state index >= 15 is 0 Å². The zero-order chi connectivity index (χ0) is 13.9. The molecule has 0 saturated heterocycles. The first-order chi connectivity index (χ1) is 9.79. The molecule has 2 atom stereocenters. The largest absolute Gasteiger partial charge is 0.303 e. The van der Waals surface area contributed by atoms with Crippen molar-refractivity contribution in [1.82, 2.24) is 5.32 Å². The van der Waals surface area contributed by atoms with Crippen molar-refractivity contribution in [2.75, 3.05) is 0 Å². The summed E-state index contributed by atoms with van der Waals surface area (Å²) in [7, 11) is 0. The van der Waals surface area contributed by atoms with Crippen LogP contribution < -0.4 is 5.32 Å². The Morgan fingerprint density at radius 1 is 1.15 bits per heavy atom. The minimum Gasteiger partial charge on any atom is -0.303 e. The molecular weight excluding hydrogens is 244 g/mol. The van der Waals surface area contributed by atoms with Crippen LogP contribution in [0.4, 0.5) is 0 Å². The molecule has 0 aromatic heterocycles. The summed E-state index contributed by atoms with van der Waals surface area (Å²) in [5.41, 5.74) is 4.63. The van der Waals surface area contributed by atoms with Crippen LogP contribution in [0.15, 0.2) is 48.5 Å². The van der Waals surface area contributed by atoms with Crippen LogP contribution in [-0.4, -0.2) is 0 Å². The van der Waals surface area contributed by atoms with Crippen molar-refractivity contribution >= 4 is 0 Å². The fraction of sp³-hybridized carbons (Fsp3) is 0.278. The van der Waals surface area contributed by atoms with E-state index in [1.54, 1.807) is 0 Å². The Bertz CT molecular complexity index is 640. The van der Waals surface area contributed by atoms with Gasteiger partial charge in [0, 0.05) is 12.1 Å². The van der Waals surface area contributed by atoms with Crippen LogP contribution in [-0.2, 0) is 6.42 Å². The molecule has 0 radical (unpaired) electrons. The van der Waals surface area contributed by atoms with E-state index in [2.05, 4.69) is 48.6 Å². The van der Waals surface area contributed by atoms with Gasteiger partial charge in [0.05, 0.1) is 11.6 Å². The standard InChI is InChI=1S/C18H18N2/c1-13(14-6-3-2-4-7-14)20-17-11-10-15-8-5-9-16(12-19)18(15)17/h2-9,13,17,20H,10-11H2,1H3/t13-,17-/m1/s1. The van der Waals surface area contributed by atoms with E-state index in [0.29, 0.717) is 6.04 Å². The maximum Gasteiger partial charge on any atom is 0.0995 e. The monoisotopic (exact) mass is 262 g/mol. The number of nitrogens with zero attached hydrogens (tertiary/aromatic N) is 1. The van der Waals surface area contributed by atoms with Gasteiger partial charge in [0.25, 0.3) is 0 Å². The van der Waals surface area contributed by atoms with Gasteiger partial charge < -0.3 is 5.32 Å².